The van der Waals surface area contributed by atoms with Crippen molar-refractivity contribution in [3.8, 4) is 6.07 Å². The minimum absolute atomic E-state index is 0.0946. The highest BCUT2D eigenvalue weighted by Crippen LogP contribution is 2.40. The number of allylic oxidation sites excluding steroid dienone is 3. The van der Waals surface area contributed by atoms with Crippen molar-refractivity contribution in [1.29, 1.82) is 5.26 Å². The molecule has 1 fully saturated rings. The van der Waals surface area contributed by atoms with Crippen molar-refractivity contribution < 1.29 is 9.53 Å². The molecule has 0 aromatic heterocycles. The molecular formula is C25H31NO2. The van der Waals surface area contributed by atoms with Crippen molar-refractivity contribution in [3.05, 3.63) is 54.1 Å². The summed E-state index contributed by atoms with van der Waals surface area (Å²) in [4.78, 5) is 13.4. The van der Waals surface area contributed by atoms with Gasteiger partial charge in [0.2, 0.25) is 0 Å². The van der Waals surface area contributed by atoms with Crippen molar-refractivity contribution in [2.24, 2.45) is 23.2 Å². The van der Waals surface area contributed by atoms with E-state index >= 15 is 0 Å². The minimum atomic E-state index is -1.18. The third kappa shape index (κ3) is 3.92. The molecule has 3 nitrogen and oxygen atoms in total. The van der Waals surface area contributed by atoms with Crippen LogP contribution in [0.4, 0.5) is 0 Å². The Morgan fingerprint density at radius 2 is 2.11 bits per heavy atom. The predicted octanol–water partition coefficient (Wildman–Crippen LogP) is 5.72. The monoisotopic (exact) mass is 377 g/mol. The number of hydrogen-bond acceptors (Lipinski definition) is 3. The SMILES string of the molecule is C=CC1=CCC(C#N)(C(=O)O[C@@H]2C[C@H](C)CC[C@H]2C(C)C)Cc2ccccc21. The fourth-order valence-electron chi connectivity index (χ4n) is 4.73. The zero-order valence-electron chi connectivity index (χ0n) is 17.3. The van der Waals surface area contributed by atoms with Gasteiger partial charge in [0.1, 0.15) is 6.10 Å². The van der Waals surface area contributed by atoms with Crippen LogP contribution in [0, 0.1) is 34.5 Å². The van der Waals surface area contributed by atoms with Gasteiger partial charge in [0.05, 0.1) is 6.07 Å². The van der Waals surface area contributed by atoms with E-state index in [0.717, 1.165) is 29.5 Å². The molecular weight excluding hydrogens is 346 g/mol. The molecule has 4 atom stereocenters. The maximum Gasteiger partial charge on any atom is 0.327 e. The van der Waals surface area contributed by atoms with E-state index in [0.29, 0.717) is 30.6 Å². The van der Waals surface area contributed by atoms with Crippen molar-refractivity contribution in [1.82, 2.24) is 0 Å². The van der Waals surface area contributed by atoms with Crippen molar-refractivity contribution >= 4 is 11.5 Å². The van der Waals surface area contributed by atoms with Gasteiger partial charge in [0.25, 0.3) is 0 Å². The number of carbonyl (C=O) groups excluding carboxylic acids is 1. The molecule has 148 valence electrons. The summed E-state index contributed by atoms with van der Waals surface area (Å²) in [5.74, 6) is 1.02. The van der Waals surface area contributed by atoms with Gasteiger partial charge in [0.15, 0.2) is 5.41 Å². The fourth-order valence-corrected chi connectivity index (χ4v) is 4.73. The topological polar surface area (TPSA) is 50.1 Å². The molecule has 0 N–H and O–H groups in total. The molecule has 28 heavy (non-hydrogen) atoms. The van der Waals surface area contributed by atoms with Crippen LogP contribution < -0.4 is 0 Å². The third-order valence-electron chi connectivity index (χ3n) is 6.54. The van der Waals surface area contributed by atoms with Crippen LogP contribution in [0.2, 0.25) is 0 Å². The summed E-state index contributed by atoms with van der Waals surface area (Å²) in [5.41, 5.74) is 1.85. The highest BCUT2D eigenvalue weighted by Gasteiger charge is 2.44. The average molecular weight is 378 g/mol. The van der Waals surface area contributed by atoms with Crippen LogP contribution in [-0.2, 0) is 16.0 Å². The Balaban J connectivity index is 1.90. The van der Waals surface area contributed by atoms with Gasteiger partial charge in [-0.2, -0.15) is 5.26 Å². The Morgan fingerprint density at radius 3 is 2.79 bits per heavy atom. The fraction of sp³-hybridized carbons (Fsp3) is 0.520. The number of esters is 1. The number of nitrogens with zero attached hydrogens (tertiary/aromatic N) is 1. The van der Waals surface area contributed by atoms with E-state index in [1.165, 1.54) is 6.42 Å². The summed E-state index contributed by atoms with van der Waals surface area (Å²) in [6.45, 7) is 10.5. The van der Waals surface area contributed by atoms with Gasteiger partial charge in [-0.05, 0) is 53.7 Å². The zero-order valence-corrected chi connectivity index (χ0v) is 17.3. The number of rotatable bonds is 4. The van der Waals surface area contributed by atoms with E-state index in [9.17, 15) is 10.1 Å². The van der Waals surface area contributed by atoms with Gasteiger partial charge in [-0.15, -0.1) is 0 Å². The molecule has 0 radical (unpaired) electrons. The molecule has 2 aliphatic carbocycles. The number of fused-ring (bicyclic) bond motifs is 1. The highest BCUT2D eigenvalue weighted by atomic mass is 16.5. The molecule has 3 rings (SSSR count). The summed E-state index contributed by atoms with van der Waals surface area (Å²) in [6, 6.07) is 10.3. The number of nitriles is 1. The molecule has 0 aliphatic heterocycles. The first-order valence-corrected chi connectivity index (χ1v) is 10.4. The largest absolute Gasteiger partial charge is 0.461 e. The molecule has 0 amide bonds. The molecule has 0 saturated heterocycles. The van der Waals surface area contributed by atoms with Crippen LogP contribution in [0.25, 0.3) is 5.57 Å². The molecule has 0 bridgehead atoms. The van der Waals surface area contributed by atoms with E-state index < -0.39 is 5.41 Å². The van der Waals surface area contributed by atoms with Crippen LogP contribution in [-0.4, -0.2) is 12.1 Å². The summed E-state index contributed by atoms with van der Waals surface area (Å²) in [6.07, 6.45) is 7.55. The Bertz CT molecular complexity index is 816. The molecule has 3 heteroatoms. The summed E-state index contributed by atoms with van der Waals surface area (Å²) in [7, 11) is 0. The first kappa shape index (κ1) is 20.4. The lowest BCUT2D eigenvalue weighted by Crippen LogP contribution is -2.41. The molecule has 0 spiro atoms. The first-order chi connectivity index (χ1) is 13.4. The summed E-state index contributed by atoms with van der Waals surface area (Å²) in [5, 5.41) is 10.1. The van der Waals surface area contributed by atoms with Crippen LogP contribution in [0.5, 0.6) is 0 Å². The lowest BCUT2D eigenvalue weighted by atomic mass is 9.75. The van der Waals surface area contributed by atoms with Crippen molar-refractivity contribution in [2.45, 2.75) is 59.0 Å². The normalized spacial score (nSPS) is 29.8. The van der Waals surface area contributed by atoms with Crippen molar-refractivity contribution in [3.63, 3.8) is 0 Å². The van der Waals surface area contributed by atoms with Gasteiger partial charge in [-0.1, -0.05) is 70.2 Å². The predicted molar refractivity (Wildman–Crippen MR) is 112 cm³/mol. The van der Waals surface area contributed by atoms with Crippen LogP contribution in [0.15, 0.2) is 43.0 Å². The smallest absolute Gasteiger partial charge is 0.327 e. The third-order valence-corrected chi connectivity index (χ3v) is 6.54. The Labute approximate surface area is 169 Å². The second kappa shape index (κ2) is 8.35. The lowest BCUT2D eigenvalue weighted by molar-refractivity contribution is -0.165. The lowest BCUT2D eigenvalue weighted by Gasteiger charge is -2.38. The maximum atomic E-state index is 13.4. The molecule has 1 aromatic rings. The standard InChI is InChI=1S/C25H31NO2/c1-5-19-12-13-25(16-26,15-20-8-6-7-9-22(19)20)24(27)28-23-14-18(4)10-11-21(23)17(2)3/h5-9,12,17-18,21,23H,1,10-11,13-15H2,2-4H3/t18-,21+,23-,25?/m1/s1. The highest BCUT2D eigenvalue weighted by molar-refractivity contribution is 5.84. The zero-order chi connectivity index (χ0) is 20.3. The Morgan fingerprint density at radius 1 is 1.36 bits per heavy atom. The van der Waals surface area contributed by atoms with E-state index in [4.69, 9.17) is 4.74 Å². The number of carbonyl (C=O) groups is 1. The molecule has 1 unspecified atom stereocenters. The molecule has 2 aliphatic rings. The molecule has 0 heterocycles. The van der Waals surface area contributed by atoms with Gasteiger partial charge < -0.3 is 4.74 Å². The summed E-state index contributed by atoms with van der Waals surface area (Å²) >= 11 is 0. The Kier molecular flexibility index (Phi) is 6.08. The van der Waals surface area contributed by atoms with E-state index in [1.54, 1.807) is 6.08 Å². The number of benzene rings is 1. The van der Waals surface area contributed by atoms with Gasteiger partial charge in [-0.25, -0.2) is 0 Å². The van der Waals surface area contributed by atoms with Gasteiger partial charge in [-0.3, -0.25) is 4.79 Å². The second-order valence-electron chi connectivity index (χ2n) is 8.87. The van der Waals surface area contributed by atoms with Gasteiger partial charge in [0, 0.05) is 6.42 Å². The second-order valence-corrected chi connectivity index (χ2v) is 8.87. The number of hydrogen-bond donors (Lipinski definition) is 0. The van der Waals surface area contributed by atoms with E-state index in [1.807, 2.05) is 30.3 Å². The van der Waals surface area contributed by atoms with Crippen LogP contribution >= 0.6 is 0 Å². The van der Waals surface area contributed by atoms with Gasteiger partial charge >= 0.3 is 5.97 Å². The Hall–Kier alpha value is -2.34. The van der Waals surface area contributed by atoms with Crippen LogP contribution in [0.1, 0.15) is 57.6 Å². The molecule has 1 aromatic carbocycles. The van der Waals surface area contributed by atoms with Crippen molar-refractivity contribution in [2.75, 3.05) is 0 Å². The van der Waals surface area contributed by atoms with E-state index in [-0.39, 0.29) is 12.1 Å². The average Bonchev–Trinajstić information content (AvgIpc) is 2.85. The van der Waals surface area contributed by atoms with Crippen LogP contribution in [0.3, 0.4) is 0 Å². The first-order valence-electron chi connectivity index (χ1n) is 10.4. The minimum Gasteiger partial charge on any atom is -0.461 e. The summed E-state index contributed by atoms with van der Waals surface area (Å²) < 4.78 is 6.09. The number of ether oxygens (including phenoxy) is 1. The quantitative estimate of drug-likeness (QED) is 0.631. The van der Waals surface area contributed by atoms with E-state index in [2.05, 4.69) is 33.4 Å². The molecule has 1 saturated carbocycles. The maximum absolute atomic E-state index is 13.4.